The molecule has 1 aromatic carbocycles. The first-order valence-electron chi connectivity index (χ1n) is 7.52. The number of rotatable bonds is 4. The van der Waals surface area contributed by atoms with Crippen molar-refractivity contribution in [3.63, 3.8) is 0 Å². The van der Waals surface area contributed by atoms with Gasteiger partial charge in [-0.1, -0.05) is 23.2 Å². The van der Waals surface area contributed by atoms with Gasteiger partial charge in [-0.15, -0.1) is 11.3 Å². The van der Waals surface area contributed by atoms with Gasteiger partial charge in [0.15, 0.2) is 12.6 Å². The second kappa shape index (κ2) is 7.64. The van der Waals surface area contributed by atoms with Crippen LogP contribution in [0.3, 0.4) is 0 Å². The molecule has 1 atom stereocenters. The van der Waals surface area contributed by atoms with E-state index in [9.17, 15) is 9.59 Å². The number of amides is 1. The van der Waals surface area contributed by atoms with Crippen molar-refractivity contribution in [1.29, 1.82) is 0 Å². The molecule has 0 saturated carbocycles. The van der Waals surface area contributed by atoms with Crippen molar-refractivity contribution in [3.05, 3.63) is 50.1 Å². The Hall–Kier alpha value is -1.76. The molecule has 1 aliphatic heterocycles. The monoisotopic (exact) mass is 399 g/mol. The fraction of sp³-hybridized carbons (Fsp3) is 0.294. The second-order valence-corrected chi connectivity index (χ2v) is 7.27. The largest absolute Gasteiger partial charge is 0.482 e. The van der Waals surface area contributed by atoms with E-state index in [-0.39, 0.29) is 12.5 Å². The van der Waals surface area contributed by atoms with Crippen molar-refractivity contribution in [2.45, 2.75) is 12.5 Å². The number of benzene rings is 1. The fourth-order valence-corrected chi connectivity index (χ4v) is 4.13. The highest BCUT2D eigenvalue weighted by atomic mass is 35.5. The van der Waals surface area contributed by atoms with E-state index in [1.165, 1.54) is 12.0 Å². The summed E-state index contributed by atoms with van der Waals surface area (Å²) in [6.45, 7) is 0.206. The molecule has 3 rings (SSSR count). The maximum atomic E-state index is 12.6. The van der Waals surface area contributed by atoms with E-state index >= 15 is 0 Å². The van der Waals surface area contributed by atoms with Crippen LogP contribution in [0.4, 0.5) is 0 Å². The maximum absolute atomic E-state index is 12.6. The van der Waals surface area contributed by atoms with E-state index in [2.05, 4.69) is 0 Å². The maximum Gasteiger partial charge on any atom is 0.333 e. The summed E-state index contributed by atoms with van der Waals surface area (Å²) in [5, 5.41) is 2.72. The van der Waals surface area contributed by atoms with Gasteiger partial charge in [-0.25, -0.2) is 4.79 Å². The zero-order chi connectivity index (χ0) is 18.0. The van der Waals surface area contributed by atoms with Gasteiger partial charge in [0.05, 0.1) is 12.1 Å². The molecule has 1 amide bonds. The lowest BCUT2D eigenvalue weighted by molar-refractivity contribution is -0.154. The van der Waals surface area contributed by atoms with Crippen LogP contribution in [-0.2, 0) is 20.7 Å². The number of thiophene rings is 1. The van der Waals surface area contributed by atoms with Gasteiger partial charge < -0.3 is 14.4 Å². The molecule has 0 spiro atoms. The van der Waals surface area contributed by atoms with Gasteiger partial charge in [0, 0.05) is 16.4 Å². The highest BCUT2D eigenvalue weighted by Gasteiger charge is 2.37. The molecular weight excluding hydrogens is 385 g/mol. The van der Waals surface area contributed by atoms with Crippen LogP contribution in [0.1, 0.15) is 16.5 Å². The minimum absolute atomic E-state index is 0.228. The number of ether oxygens (including phenoxy) is 2. The fourth-order valence-electron chi connectivity index (χ4n) is 2.77. The van der Waals surface area contributed by atoms with Gasteiger partial charge in [0.25, 0.3) is 5.91 Å². The lowest BCUT2D eigenvalue weighted by Crippen LogP contribution is -2.45. The molecule has 8 heteroatoms. The number of fused-ring (bicyclic) bond motifs is 1. The van der Waals surface area contributed by atoms with Crippen LogP contribution in [0.2, 0.25) is 10.0 Å². The highest BCUT2D eigenvalue weighted by molar-refractivity contribution is 7.10. The molecule has 0 saturated heterocycles. The Kier molecular flexibility index (Phi) is 5.51. The van der Waals surface area contributed by atoms with Crippen LogP contribution in [0, 0.1) is 0 Å². The minimum Gasteiger partial charge on any atom is -0.482 e. The first-order chi connectivity index (χ1) is 12.0. The summed E-state index contributed by atoms with van der Waals surface area (Å²) in [7, 11) is 1.32. The molecule has 0 aliphatic carbocycles. The summed E-state index contributed by atoms with van der Waals surface area (Å²) in [5.41, 5.74) is 0.820. The van der Waals surface area contributed by atoms with E-state index in [1.54, 1.807) is 29.5 Å². The third-order valence-corrected chi connectivity index (χ3v) is 5.48. The standard InChI is InChI=1S/C17H15Cl2NO4S/c1-23-17(22)16-11-5-7-25-14(11)4-6-20(16)15(21)9-24-13-3-2-10(18)8-12(13)19/h2-3,5,7-8,16H,4,6,9H2,1H3. The third-order valence-electron chi connectivity index (χ3n) is 3.96. The lowest BCUT2D eigenvalue weighted by Gasteiger charge is -2.33. The van der Waals surface area contributed by atoms with Crippen LogP contribution in [0.5, 0.6) is 5.75 Å². The van der Waals surface area contributed by atoms with Crippen LogP contribution < -0.4 is 4.74 Å². The number of hydrogen-bond acceptors (Lipinski definition) is 5. The molecule has 1 unspecified atom stereocenters. The molecule has 1 aliphatic rings. The smallest absolute Gasteiger partial charge is 0.333 e. The molecule has 2 heterocycles. The SMILES string of the molecule is COC(=O)C1c2ccsc2CCN1C(=O)COc1ccc(Cl)cc1Cl. The summed E-state index contributed by atoms with van der Waals surface area (Å²) >= 11 is 13.5. The highest BCUT2D eigenvalue weighted by Crippen LogP contribution is 2.34. The molecule has 132 valence electrons. The lowest BCUT2D eigenvalue weighted by atomic mass is 10.00. The van der Waals surface area contributed by atoms with Crippen LogP contribution in [0.25, 0.3) is 0 Å². The number of carbonyl (C=O) groups is 2. The van der Waals surface area contributed by atoms with Gasteiger partial charge in [-0.3, -0.25) is 4.79 Å². The molecule has 1 aromatic heterocycles. The Balaban J connectivity index is 1.75. The van der Waals surface area contributed by atoms with Gasteiger partial charge in [0.2, 0.25) is 0 Å². The van der Waals surface area contributed by atoms with E-state index in [0.717, 1.165) is 10.4 Å². The third kappa shape index (κ3) is 3.76. The van der Waals surface area contributed by atoms with Crippen molar-refractivity contribution in [2.24, 2.45) is 0 Å². The second-order valence-electron chi connectivity index (χ2n) is 5.43. The number of nitrogens with zero attached hydrogens (tertiary/aromatic N) is 1. The first kappa shape index (κ1) is 18.0. The Labute approximate surface area is 159 Å². The zero-order valence-corrected chi connectivity index (χ0v) is 15.7. The molecule has 0 fully saturated rings. The van der Waals surface area contributed by atoms with E-state index in [4.69, 9.17) is 32.7 Å². The van der Waals surface area contributed by atoms with E-state index in [1.807, 2.05) is 11.4 Å². The summed E-state index contributed by atoms with van der Waals surface area (Å²) in [6.07, 6.45) is 0.702. The summed E-state index contributed by atoms with van der Waals surface area (Å²) in [5.74, 6) is -0.405. The van der Waals surface area contributed by atoms with Gasteiger partial charge in [0.1, 0.15) is 5.75 Å². The number of hydrogen-bond donors (Lipinski definition) is 0. The zero-order valence-electron chi connectivity index (χ0n) is 13.3. The van der Waals surface area contributed by atoms with Gasteiger partial charge >= 0.3 is 5.97 Å². The van der Waals surface area contributed by atoms with E-state index in [0.29, 0.717) is 28.8 Å². The summed E-state index contributed by atoms with van der Waals surface area (Å²) in [6, 6.07) is 5.89. The first-order valence-corrected chi connectivity index (χ1v) is 9.16. The van der Waals surface area contributed by atoms with Crippen LogP contribution in [0.15, 0.2) is 29.6 Å². The molecule has 0 N–H and O–H groups in total. The number of esters is 1. The summed E-state index contributed by atoms with van der Waals surface area (Å²) in [4.78, 5) is 27.4. The molecule has 25 heavy (non-hydrogen) atoms. The normalized spacial score (nSPS) is 16.3. The minimum atomic E-state index is -0.739. The summed E-state index contributed by atoms with van der Waals surface area (Å²) < 4.78 is 10.4. The number of methoxy groups -OCH3 is 1. The van der Waals surface area contributed by atoms with Gasteiger partial charge in [-0.2, -0.15) is 0 Å². The predicted octanol–water partition coefficient (Wildman–Crippen LogP) is 3.73. The van der Waals surface area contributed by atoms with E-state index < -0.39 is 12.0 Å². The Morgan fingerprint density at radius 2 is 2.12 bits per heavy atom. The van der Waals surface area contributed by atoms with Crippen LogP contribution in [-0.4, -0.2) is 37.0 Å². The van der Waals surface area contributed by atoms with Gasteiger partial charge in [-0.05, 0) is 41.6 Å². The Morgan fingerprint density at radius 3 is 2.84 bits per heavy atom. The molecular formula is C17H15Cl2NO4S. The Morgan fingerprint density at radius 1 is 1.32 bits per heavy atom. The average Bonchev–Trinajstić information content (AvgIpc) is 3.07. The topological polar surface area (TPSA) is 55.8 Å². The number of carbonyl (C=O) groups excluding carboxylic acids is 2. The van der Waals surface area contributed by atoms with Crippen molar-refractivity contribution >= 4 is 46.4 Å². The Bertz CT molecular complexity index is 808. The molecule has 0 bridgehead atoms. The number of halogens is 2. The molecule has 5 nitrogen and oxygen atoms in total. The molecule has 2 aromatic rings. The van der Waals surface area contributed by atoms with Crippen molar-refractivity contribution in [1.82, 2.24) is 4.90 Å². The van der Waals surface area contributed by atoms with Crippen molar-refractivity contribution in [3.8, 4) is 5.75 Å². The average molecular weight is 400 g/mol. The van der Waals surface area contributed by atoms with Crippen molar-refractivity contribution < 1.29 is 19.1 Å². The molecule has 0 radical (unpaired) electrons. The quantitative estimate of drug-likeness (QED) is 0.734. The van der Waals surface area contributed by atoms with Crippen molar-refractivity contribution in [2.75, 3.05) is 20.3 Å². The predicted molar refractivity (Wildman–Crippen MR) is 96.5 cm³/mol. The van der Waals surface area contributed by atoms with Crippen LogP contribution >= 0.6 is 34.5 Å².